The van der Waals surface area contributed by atoms with Crippen molar-refractivity contribution in [1.29, 1.82) is 0 Å². The molecule has 1 saturated carbocycles. The maximum absolute atomic E-state index is 5.62. The summed E-state index contributed by atoms with van der Waals surface area (Å²) in [6.45, 7) is 2.13. The molecule has 15 heavy (non-hydrogen) atoms. The van der Waals surface area contributed by atoms with Gasteiger partial charge in [-0.25, -0.2) is 4.98 Å². The van der Waals surface area contributed by atoms with Crippen LogP contribution < -0.4 is 5.32 Å². The van der Waals surface area contributed by atoms with Gasteiger partial charge in [-0.1, -0.05) is 19.3 Å². The summed E-state index contributed by atoms with van der Waals surface area (Å²) in [7, 11) is 0. The molecule has 0 atom stereocenters. The van der Waals surface area contributed by atoms with E-state index in [-0.39, 0.29) is 0 Å². The summed E-state index contributed by atoms with van der Waals surface area (Å²) in [6, 6.07) is 0. The monoisotopic (exact) mass is 206 g/mol. The zero-order valence-electron chi connectivity index (χ0n) is 9.04. The van der Waals surface area contributed by atoms with Crippen molar-refractivity contribution in [1.82, 2.24) is 10.3 Å². The van der Waals surface area contributed by atoms with Crippen LogP contribution >= 0.6 is 0 Å². The Labute approximate surface area is 90.3 Å². The third-order valence-corrected chi connectivity index (χ3v) is 3.69. The zero-order valence-corrected chi connectivity index (χ0v) is 9.04. The number of nitrogens with one attached hydrogen (secondary N) is 1. The molecule has 82 valence electrons. The zero-order chi connectivity index (χ0) is 10.1. The summed E-state index contributed by atoms with van der Waals surface area (Å²) in [4.78, 5) is 4.65. The molecule has 1 aliphatic heterocycles. The molecular formula is C12H18N2O. The summed E-state index contributed by atoms with van der Waals surface area (Å²) in [5, 5.41) is 3.27. The van der Waals surface area contributed by atoms with Crippen LogP contribution in [-0.2, 0) is 0 Å². The molecule has 1 aromatic heterocycles. The van der Waals surface area contributed by atoms with Gasteiger partial charge in [0.05, 0.1) is 5.69 Å². The van der Waals surface area contributed by atoms with Crippen LogP contribution in [-0.4, -0.2) is 18.1 Å². The van der Waals surface area contributed by atoms with Gasteiger partial charge in [0.25, 0.3) is 0 Å². The second-order valence-electron chi connectivity index (χ2n) is 4.80. The Bertz CT molecular complexity index is 324. The third kappa shape index (κ3) is 1.81. The Morgan fingerprint density at radius 3 is 2.60 bits per heavy atom. The number of rotatable bonds is 2. The summed E-state index contributed by atoms with van der Waals surface area (Å²) in [6.07, 6.45) is 8.47. The Morgan fingerprint density at radius 2 is 1.93 bits per heavy atom. The maximum Gasteiger partial charge on any atom is 0.197 e. The van der Waals surface area contributed by atoms with E-state index in [1.165, 1.54) is 32.1 Å². The highest BCUT2D eigenvalue weighted by molar-refractivity contribution is 5.11. The average molecular weight is 206 g/mol. The molecule has 1 N–H and O–H groups in total. The lowest BCUT2D eigenvalue weighted by Crippen LogP contribution is -2.40. The van der Waals surface area contributed by atoms with Gasteiger partial charge in [0.15, 0.2) is 5.89 Å². The van der Waals surface area contributed by atoms with Crippen LogP contribution in [0.15, 0.2) is 10.7 Å². The van der Waals surface area contributed by atoms with Gasteiger partial charge in [-0.2, -0.15) is 0 Å². The van der Waals surface area contributed by atoms with Crippen LogP contribution in [0.1, 0.15) is 55.5 Å². The Hall–Kier alpha value is -0.830. The first kappa shape index (κ1) is 9.40. The molecule has 2 aliphatic rings. The number of nitrogens with zero attached hydrogens (tertiary/aromatic N) is 1. The molecule has 3 nitrogen and oxygen atoms in total. The van der Waals surface area contributed by atoms with Crippen LogP contribution in [0.25, 0.3) is 0 Å². The van der Waals surface area contributed by atoms with Crippen LogP contribution in [0, 0.1) is 0 Å². The van der Waals surface area contributed by atoms with Gasteiger partial charge in [-0.05, 0) is 12.8 Å². The van der Waals surface area contributed by atoms with E-state index in [0.717, 1.165) is 24.7 Å². The first-order valence-corrected chi connectivity index (χ1v) is 6.09. The normalized spacial score (nSPS) is 24.0. The van der Waals surface area contributed by atoms with Crippen molar-refractivity contribution in [3.8, 4) is 0 Å². The highest BCUT2D eigenvalue weighted by Crippen LogP contribution is 2.33. The molecule has 0 bridgehead atoms. The van der Waals surface area contributed by atoms with E-state index in [0.29, 0.717) is 11.8 Å². The Kier molecular flexibility index (Phi) is 2.49. The van der Waals surface area contributed by atoms with Crippen molar-refractivity contribution < 1.29 is 4.42 Å². The highest BCUT2D eigenvalue weighted by Gasteiger charge is 2.25. The van der Waals surface area contributed by atoms with Crippen LogP contribution in [0.5, 0.6) is 0 Å². The summed E-state index contributed by atoms with van der Waals surface area (Å²) < 4.78 is 5.62. The molecule has 2 fully saturated rings. The van der Waals surface area contributed by atoms with Crippen molar-refractivity contribution in [3.05, 3.63) is 17.8 Å². The number of aromatic nitrogens is 1. The third-order valence-electron chi connectivity index (χ3n) is 3.69. The van der Waals surface area contributed by atoms with E-state index in [4.69, 9.17) is 4.42 Å². The minimum absolute atomic E-state index is 0.598. The van der Waals surface area contributed by atoms with Gasteiger partial charge in [0.1, 0.15) is 6.26 Å². The van der Waals surface area contributed by atoms with E-state index in [1.807, 2.05) is 6.26 Å². The quantitative estimate of drug-likeness (QED) is 0.807. The largest absolute Gasteiger partial charge is 0.448 e. The minimum atomic E-state index is 0.598. The fraction of sp³-hybridized carbons (Fsp3) is 0.750. The number of hydrogen-bond donors (Lipinski definition) is 1. The van der Waals surface area contributed by atoms with E-state index in [9.17, 15) is 0 Å². The van der Waals surface area contributed by atoms with E-state index in [2.05, 4.69) is 10.3 Å². The Balaban J connectivity index is 1.71. The molecule has 0 unspecified atom stereocenters. The van der Waals surface area contributed by atoms with E-state index < -0.39 is 0 Å². The SMILES string of the molecule is c1oc(C2CCCCC2)nc1C1CNC1. The molecule has 2 heterocycles. The number of hydrogen-bond acceptors (Lipinski definition) is 3. The first-order valence-electron chi connectivity index (χ1n) is 6.09. The molecule has 0 amide bonds. The molecule has 0 aromatic carbocycles. The lowest BCUT2D eigenvalue weighted by Gasteiger charge is -2.24. The predicted molar refractivity (Wildman–Crippen MR) is 57.9 cm³/mol. The first-order chi connectivity index (χ1) is 7.43. The van der Waals surface area contributed by atoms with E-state index in [1.54, 1.807) is 0 Å². The molecule has 0 spiro atoms. The fourth-order valence-corrected chi connectivity index (χ4v) is 2.52. The summed E-state index contributed by atoms with van der Waals surface area (Å²) >= 11 is 0. The van der Waals surface area contributed by atoms with Crippen LogP contribution in [0.4, 0.5) is 0 Å². The smallest absolute Gasteiger partial charge is 0.197 e. The topological polar surface area (TPSA) is 38.1 Å². The second kappa shape index (κ2) is 3.97. The van der Waals surface area contributed by atoms with Crippen LogP contribution in [0.3, 0.4) is 0 Å². The van der Waals surface area contributed by atoms with Crippen molar-refractivity contribution in [2.45, 2.75) is 43.9 Å². The van der Waals surface area contributed by atoms with Gasteiger partial charge in [0, 0.05) is 24.9 Å². The predicted octanol–water partition coefficient (Wildman–Crippen LogP) is 2.41. The van der Waals surface area contributed by atoms with Crippen molar-refractivity contribution in [3.63, 3.8) is 0 Å². The van der Waals surface area contributed by atoms with Crippen molar-refractivity contribution in [2.75, 3.05) is 13.1 Å². The highest BCUT2D eigenvalue weighted by atomic mass is 16.3. The van der Waals surface area contributed by atoms with Crippen molar-refractivity contribution in [2.24, 2.45) is 0 Å². The van der Waals surface area contributed by atoms with Gasteiger partial charge >= 0.3 is 0 Å². The molecule has 3 rings (SSSR count). The van der Waals surface area contributed by atoms with Gasteiger partial charge in [-0.3, -0.25) is 0 Å². The van der Waals surface area contributed by atoms with Gasteiger partial charge in [-0.15, -0.1) is 0 Å². The lowest BCUT2D eigenvalue weighted by atomic mass is 9.89. The van der Waals surface area contributed by atoms with Gasteiger partial charge in [0.2, 0.25) is 0 Å². The molecule has 3 heteroatoms. The molecule has 1 saturated heterocycles. The molecule has 0 radical (unpaired) electrons. The van der Waals surface area contributed by atoms with Crippen LogP contribution in [0.2, 0.25) is 0 Å². The summed E-state index contributed by atoms with van der Waals surface area (Å²) in [5.41, 5.74) is 1.16. The number of oxazole rings is 1. The summed E-state index contributed by atoms with van der Waals surface area (Å²) in [5.74, 6) is 2.20. The lowest BCUT2D eigenvalue weighted by molar-refractivity contribution is 0.363. The standard InChI is InChI=1S/C12H18N2O/c1-2-4-9(5-3-1)12-14-11(8-15-12)10-6-13-7-10/h8-10,13H,1-7H2. The molecule has 1 aromatic rings. The average Bonchev–Trinajstić information content (AvgIpc) is 2.66. The maximum atomic E-state index is 5.62. The van der Waals surface area contributed by atoms with E-state index >= 15 is 0 Å². The molecular weight excluding hydrogens is 188 g/mol. The minimum Gasteiger partial charge on any atom is -0.448 e. The fourth-order valence-electron chi connectivity index (χ4n) is 2.52. The van der Waals surface area contributed by atoms with Crippen molar-refractivity contribution >= 4 is 0 Å². The Morgan fingerprint density at radius 1 is 1.13 bits per heavy atom. The van der Waals surface area contributed by atoms with Gasteiger partial charge < -0.3 is 9.73 Å². The molecule has 1 aliphatic carbocycles. The second-order valence-corrected chi connectivity index (χ2v) is 4.80.